The van der Waals surface area contributed by atoms with Crippen molar-refractivity contribution in [1.82, 2.24) is 9.97 Å². The topological polar surface area (TPSA) is 57.8 Å². The minimum atomic E-state index is -0.219. The number of carbonyl (C=O) groups is 1. The van der Waals surface area contributed by atoms with E-state index < -0.39 is 0 Å². The predicted octanol–water partition coefficient (Wildman–Crippen LogP) is 3.97. The van der Waals surface area contributed by atoms with Crippen LogP contribution in [-0.4, -0.2) is 15.9 Å². The molecule has 0 atom stereocenters. The molecule has 4 rings (SSSR count). The van der Waals surface area contributed by atoms with Gasteiger partial charge in [-0.1, -0.05) is 36.4 Å². The predicted molar refractivity (Wildman–Crippen MR) is 88.0 cm³/mol. The number of aromatic nitrogens is 2. The zero-order chi connectivity index (χ0) is 14.9. The molecule has 0 radical (unpaired) electrons. The Morgan fingerprint density at radius 2 is 1.68 bits per heavy atom. The van der Waals surface area contributed by atoms with Crippen LogP contribution >= 0.6 is 0 Å². The summed E-state index contributed by atoms with van der Waals surface area (Å²) in [5.41, 5.74) is 2.91. The number of pyridine rings is 1. The molecule has 0 fully saturated rings. The summed E-state index contributed by atoms with van der Waals surface area (Å²) in [6.45, 7) is 0. The number of amides is 1. The van der Waals surface area contributed by atoms with Crippen LogP contribution < -0.4 is 5.32 Å². The Morgan fingerprint density at radius 1 is 0.909 bits per heavy atom. The first-order chi connectivity index (χ1) is 10.8. The van der Waals surface area contributed by atoms with Crippen LogP contribution in [-0.2, 0) is 0 Å². The smallest absolute Gasteiger partial charge is 0.276 e. The van der Waals surface area contributed by atoms with Crippen molar-refractivity contribution in [3.8, 4) is 0 Å². The Bertz CT molecular complexity index is 973. The van der Waals surface area contributed by atoms with Crippen molar-refractivity contribution in [1.29, 1.82) is 0 Å². The second-order valence-corrected chi connectivity index (χ2v) is 5.07. The minimum Gasteiger partial charge on any atom is -0.353 e. The first-order valence-corrected chi connectivity index (χ1v) is 7.05. The monoisotopic (exact) mass is 287 g/mol. The van der Waals surface area contributed by atoms with Gasteiger partial charge in [0.1, 0.15) is 0 Å². The van der Waals surface area contributed by atoms with Gasteiger partial charge in [0.25, 0.3) is 5.91 Å². The zero-order valence-electron chi connectivity index (χ0n) is 11.7. The molecule has 0 bridgehead atoms. The number of fused-ring (bicyclic) bond motifs is 3. The molecule has 4 heteroatoms. The number of hydrogen-bond donors (Lipinski definition) is 2. The van der Waals surface area contributed by atoms with E-state index in [0.29, 0.717) is 5.69 Å². The lowest BCUT2D eigenvalue weighted by Gasteiger charge is -2.05. The lowest BCUT2D eigenvalue weighted by Crippen LogP contribution is -2.14. The van der Waals surface area contributed by atoms with Crippen LogP contribution in [0.4, 0.5) is 5.69 Å². The molecule has 106 valence electrons. The van der Waals surface area contributed by atoms with Crippen molar-refractivity contribution in [2.24, 2.45) is 0 Å². The molecule has 4 nitrogen and oxygen atoms in total. The van der Waals surface area contributed by atoms with Gasteiger partial charge in [0, 0.05) is 28.2 Å². The quantitative estimate of drug-likeness (QED) is 0.586. The number of carbonyl (C=O) groups excluding carboxylic acids is 1. The molecule has 0 aliphatic carbocycles. The first-order valence-electron chi connectivity index (χ1n) is 7.05. The van der Waals surface area contributed by atoms with Gasteiger partial charge in [-0.25, -0.2) is 4.98 Å². The van der Waals surface area contributed by atoms with Crippen LogP contribution in [0.25, 0.3) is 21.8 Å². The molecule has 1 amide bonds. The molecule has 2 N–H and O–H groups in total. The number of benzene rings is 2. The molecule has 0 aliphatic heterocycles. The fourth-order valence-electron chi connectivity index (χ4n) is 2.66. The molecule has 2 aromatic heterocycles. The summed E-state index contributed by atoms with van der Waals surface area (Å²) in [5, 5.41) is 4.97. The zero-order valence-corrected chi connectivity index (χ0v) is 11.7. The standard InChI is InChI=1S/C18H13N3O/c22-18(20-12-6-2-1-3-7-12)17-16-14(10-11-19-17)13-8-4-5-9-15(13)21-16/h1-11,21H,(H,20,22). The Balaban J connectivity index is 1.83. The van der Waals surface area contributed by atoms with E-state index in [1.165, 1.54) is 0 Å². The fourth-order valence-corrected chi connectivity index (χ4v) is 2.66. The third-order valence-corrected chi connectivity index (χ3v) is 3.67. The number of hydrogen-bond acceptors (Lipinski definition) is 2. The van der Waals surface area contributed by atoms with Crippen LogP contribution in [0.15, 0.2) is 66.9 Å². The SMILES string of the molecule is O=C(Nc1ccccc1)c1nccc2c1[nH]c1ccccc12. The number of H-pyrrole nitrogens is 1. The normalized spacial score (nSPS) is 10.9. The summed E-state index contributed by atoms with van der Waals surface area (Å²) in [5.74, 6) is -0.219. The highest BCUT2D eigenvalue weighted by Crippen LogP contribution is 2.26. The molecule has 2 aromatic carbocycles. The Kier molecular flexibility index (Phi) is 2.86. The second-order valence-electron chi connectivity index (χ2n) is 5.07. The third-order valence-electron chi connectivity index (χ3n) is 3.67. The Hall–Kier alpha value is -3.14. The van der Waals surface area contributed by atoms with Crippen LogP contribution in [0.2, 0.25) is 0 Å². The summed E-state index contributed by atoms with van der Waals surface area (Å²) in [6.07, 6.45) is 1.67. The van der Waals surface area contributed by atoms with Crippen molar-refractivity contribution in [2.75, 3.05) is 5.32 Å². The van der Waals surface area contributed by atoms with Gasteiger partial charge < -0.3 is 10.3 Å². The van der Waals surface area contributed by atoms with E-state index in [1.54, 1.807) is 6.20 Å². The molecule has 2 heterocycles. The van der Waals surface area contributed by atoms with Crippen LogP contribution in [0, 0.1) is 0 Å². The van der Waals surface area contributed by atoms with Crippen molar-refractivity contribution < 1.29 is 4.79 Å². The van der Waals surface area contributed by atoms with Gasteiger partial charge in [-0.15, -0.1) is 0 Å². The average Bonchev–Trinajstić information content (AvgIpc) is 2.94. The maximum atomic E-state index is 12.5. The van der Waals surface area contributed by atoms with E-state index in [1.807, 2.05) is 60.7 Å². The summed E-state index contributed by atoms with van der Waals surface area (Å²) in [6, 6.07) is 19.3. The fraction of sp³-hybridized carbons (Fsp3) is 0. The average molecular weight is 287 g/mol. The number of rotatable bonds is 2. The van der Waals surface area contributed by atoms with Gasteiger partial charge >= 0.3 is 0 Å². The van der Waals surface area contributed by atoms with Crippen molar-refractivity contribution in [3.63, 3.8) is 0 Å². The molecule has 0 spiro atoms. The molecular formula is C18H13N3O. The largest absolute Gasteiger partial charge is 0.353 e. The Morgan fingerprint density at radius 3 is 2.55 bits per heavy atom. The van der Waals surface area contributed by atoms with Crippen molar-refractivity contribution in [2.45, 2.75) is 0 Å². The van der Waals surface area contributed by atoms with E-state index in [4.69, 9.17) is 0 Å². The number of aromatic amines is 1. The van der Waals surface area contributed by atoms with Crippen LogP contribution in [0.5, 0.6) is 0 Å². The summed E-state index contributed by atoms with van der Waals surface area (Å²) in [7, 11) is 0. The third kappa shape index (κ3) is 2.02. The molecule has 22 heavy (non-hydrogen) atoms. The number of anilines is 1. The van der Waals surface area contributed by atoms with E-state index >= 15 is 0 Å². The molecular weight excluding hydrogens is 274 g/mol. The second kappa shape index (κ2) is 5.00. The van der Waals surface area contributed by atoms with Gasteiger partial charge in [0.15, 0.2) is 5.69 Å². The minimum absolute atomic E-state index is 0.219. The van der Waals surface area contributed by atoms with Gasteiger partial charge in [-0.2, -0.15) is 0 Å². The molecule has 0 unspecified atom stereocenters. The number of nitrogens with one attached hydrogen (secondary N) is 2. The van der Waals surface area contributed by atoms with Crippen LogP contribution in [0.3, 0.4) is 0 Å². The lowest BCUT2D eigenvalue weighted by atomic mass is 10.1. The van der Waals surface area contributed by atoms with Crippen molar-refractivity contribution >= 4 is 33.4 Å². The highest BCUT2D eigenvalue weighted by Gasteiger charge is 2.15. The molecule has 0 saturated heterocycles. The van der Waals surface area contributed by atoms with Crippen molar-refractivity contribution in [3.05, 3.63) is 72.6 Å². The molecule has 0 aliphatic rings. The lowest BCUT2D eigenvalue weighted by molar-refractivity contribution is 0.102. The van der Waals surface area contributed by atoms with E-state index in [2.05, 4.69) is 15.3 Å². The summed E-state index contributed by atoms with van der Waals surface area (Å²) in [4.78, 5) is 20.1. The maximum Gasteiger partial charge on any atom is 0.276 e. The van der Waals surface area contributed by atoms with E-state index in [-0.39, 0.29) is 5.91 Å². The Labute approximate surface area is 126 Å². The maximum absolute atomic E-state index is 12.5. The molecule has 0 saturated carbocycles. The van der Waals surface area contributed by atoms with Crippen LogP contribution in [0.1, 0.15) is 10.5 Å². The van der Waals surface area contributed by atoms with E-state index in [9.17, 15) is 4.79 Å². The highest BCUT2D eigenvalue weighted by molar-refractivity contribution is 6.16. The summed E-state index contributed by atoms with van der Waals surface area (Å²) >= 11 is 0. The summed E-state index contributed by atoms with van der Waals surface area (Å²) < 4.78 is 0. The van der Waals surface area contributed by atoms with Gasteiger partial charge in [-0.3, -0.25) is 4.79 Å². The van der Waals surface area contributed by atoms with Gasteiger partial charge in [0.05, 0.1) is 5.52 Å². The van der Waals surface area contributed by atoms with Gasteiger partial charge in [-0.05, 0) is 24.3 Å². The number of nitrogens with zero attached hydrogens (tertiary/aromatic N) is 1. The van der Waals surface area contributed by atoms with E-state index in [0.717, 1.165) is 27.5 Å². The highest BCUT2D eigenvalue weighted by atomic mass is 16.1. The molecule has 4 aromatic rings. The number of para-hydroxylation sites is 2. The first kappa shape index (κ1) is 12.6. The van der Waals surface area contributed by atoms with Gasteiger partial charge in [0.2, 0.25) is 0 Å².